The molecule has 2 N–H and O–H groups in total. The molecule has 1 fully saturated rings. The van der Waals surface area contributed by atoms with Gasteiger partial charge >= 0.3 is 6.09 Å². The summed E-state index contributed by atoms with van der Waals surface area (Å²) in [5.41, 5.74) is 0.866. The number of aromatic hydroxyl groups is 2. The van der Waals surface area contributed by atoms with Crippen molar-refractivity contribution in [2.45, 2.75) is 6.54 Å². The fourth-order valence-electron chi connectivity index (χ4n) is 2.24. The number of halogens is 1. The standard InChI is InChI=1S/C17H12FNO5/c18-13-5-4-10(7-14(13)21)8-15-16(22)19(17(23)24-15)9-11-2-1-3-12(20)6-11/h1-8,20-21H,9H2. The summed E-state index contributed by atoms with van der Waals surface area (Å²) < 4.78 is 18.0. The van der Waals surface area contributed by atoms with E-state index in [1.165, 1.54) is 24.3 Å². The summed E-state index contributed by atoms with van der Waals surface area (Å²) in [6.07, 6.45) is 0.392. The van der Waals surface area contributed by atoms with Crippen LogP contribution in [0.4, 0.5) is 9.18 Å². The van der Waals surface area contributed by atoms with Crippen LogP contribution in [0.1, 0.15) is 11.1 Å². The van der Waals surface area contributed by atoms with E-state index in [9.17, 15) is 24.2 Å². The van der Waals surface area contributed by atoms with Crippen LogP contribution in [0.5, 0.6) is 11.5 Å². The highest BCUT2D eigenvalue weighted by molar-refractivity contribution is 6.09. The Balaban J connectivity index is 1.83. The van der Waals surface area contributed by atoms with Gasteiger partial charge in [0.2, 0.25) is 0 Å². The first-order valence-corrected chi connectivity index (χ1v) is 6.96. The van der Waals surface area contributed by atoms with Crippen LogP contribution in [0, 0.1) is 5.82 Å². The second-order valence-electron chi connectivity index (χ2n) is 5.15. The van der Waals surface area contributed by atoms with Crippen molar-refractivity contribution in [3.05, 3.63) is 65.2 Å². The van der Waals surface area contributed by atoms with E-state index in [0.717, 1.165) is 17.0 Å². The first-order valence-electron chi connectivity index (χ1n) is 6.96. The molecule has 1 saturated heterocycles. The molecule has 0 aliphatic carbocycles. The molecule has 122 valence electrons. The Bertz CT molecular complexity index is 862. The number of carbonyl (C=O) groups is 2. The number of imide groups is 1. The third-order valence-corrected chi connectivity index (χ3v) is 3.39. The van der Waals surface area contributed by atoms with Crippen molar-refractivity contribution in [2.24, 2.45) is 0 Å². The number of hydrogen-bond acceptors (Lipinski definition) is 5. The van der Waals surface area contributed by atoms with Gasteiger partial charge in [0, 0.05) is 0 Å². The summed E-state index contributed by atoms with van der Waals surface area (Å²) in [5, 5.41) is 18.8. The highest BCUT2D eigenvalue weighted by Gasteiger charge is 2.36. The van der Waals surface area contributed by atoms with Crippen molar-refractivity contribution in [1.29, 1.82) is 0 Å². The van der Waals surface area contributed by atoms with E-state index >= 15 is 0 Å². The molecule has 1 aliphatic rings. The lowest BCUT2D eigenvalue weighted by molar-refractivity contribution is -0.123. The molecular weight excluding hydrogens is 317 g/mol. The van der Waals surface area contributed by atoms with Gasteiger partial charge in [-0.05, 0) is 41.5 Å². The lowest BCUT2D eigenvalue weighted by atomic mass is 10.1. The molecule has 2 aromatic rings. The molecule has 2 aromatic carbocycles. The van der Waals surface area contributed by atoms with Crippen molar-refractivity contribution in [3.8, 4) is 11.5 Å². The molecule has 1 heterocycles. The highest BCUT2D eigenvalue weighted by Crippen LogP contribution is 2.24. The molecule has 0 radical (unpaired) electrons. The molecule has 6 nitrogen and oxygen atoms in total. The van der Waals surface area contributed by atoms with Gasteiger partial charge in [-0.25, -0.2) is 14.1 Å². The Labute approximate surface area is 136 Å². The van der Waals surface area contributed by atoms with E-state index in [2.05, 4.69) is 0 Å². The second kappa shape index (κ2) is 6.04. The van der Waals surface area contributed by atoms with Crippen LogP contribution in [0.3, 0.4) is 0 Å². The van der Waals surface area contributed by atoms with Crippen LogP contribution in [-0.2, 0) is 16.1 Å². The minimum absolute atomic E-state index is 0.0186. The van der Waals surface area contributed by atoms with Crippen LogP contribution in [0.15, 0.2) is 48.2 Å². The average Bonchev–Trinajstić information content (AvgIpc) is 2.79. The van der Waals surface area contributed by atoms with Gasteiger partial charge in [0.1, 0.15) is 5.75 Å². The summed E-state index contributed by atoms with van der Waals surface area (Å²) in [6.45, 7) is -0.0575. The topological polar surface area (TPSA) is 87.1 Å². The third kappa shape index (κ3) is 3.05. The van der Waals surface area contributed by atoms with Gasteiger partial charge in [-0.1, -0.05) is 18.2 Å². The van der Waals surface area contributed by atoms with E-state index in [1.54, 1.807) is 12.1 Å². The highest BCUT2D eigenvalue weighted by atomic mass is 19.1. The van der Waals surface area contributed by atoms with E-state index < -0.39 is 23.6 Å². The van der Waals surface area contributed by atoms with Crippen LogP contribution < -0.4 is 0 Å². The van der Waals surface area contributed by atoms with Crippen molar-refractivity contribution >= 4 is 18.1 Å². The SMILES string of the molecule is O=C1OC(=Cc2ccc(F)c(O)c2)C(=O)N1Cc1cccc(O)c1. The minimum atomic E-state index is -0.846. The van der Waals surface area contributed by atoms with Crippen molar-refractivity contribution in [2.75, 3.05) is 0 Å². The molecule has 0 unspecified atom stereocenters. The summed E-state index contributed by atoms with van der Waals surface area (Å²) in [7, 11) is 0. The van der Waals surface area contributed by atoms with E-state index in [-0.39, 0.29) is 18.1 Å². The number of cyclic esters (lactones) is 1. The first-order chi connectivity index (χ1) is 11.4. The molecular formula is C17H12FNO5. The number of rotatable bonds is 3. The molecule has 7 heteroatoms. The summed E-state index contributed by atoms with van der Waals surface area (Å²) in [6, 6.07) is 9.63. The van der Waals surface area contributed by atoms with Gasteiger partial charge in [0.25, 0.3) is 5.91 Å². The molecule has 0 saturated carbocycles. The number of carbonyl (C=O) groups excluding carboxylic acids is 2. The molecule has 2 amide bonds. The number of phenols is 2. The second-order valence-corrected chi connectivity index (χ2v) is 5.15. The first kappa shape index (κ1) is 15.5. The zero-order valence-corrected chi connectivity index (χ0v) is 12.3. The van der Waals surface area contributed by atoms with Crippen LogP contribution in [-0.4, -0.2) is 27.1 Å². The normalized spacial score (nSPS) is 15.9. The number of nitrogens with zero attached hydrogens (tertiary/aromatic N) is 1. The Hall–Kier alpha value is -3.35. The largest absolute Gasteiger partial charge is 0.508 e. The fraction of sp³-hybridized carbons (Fsp3) is 0.0588. The predicted molar refractivity (Wildman–Crippen MR) is 81.2 cm³/mol. The minimum Gasteiger partial charge on any atom is -0.508 e. The Morgan fingerprint density at radius 3 is 2.62 bits per heavy atom. The molecule has 3 rings (SSSR count). The van der Waals surface area contributed by atoms with E-state index in [0.29, 0.717) is 11.1 Å². The number of amides is 2. The Kier molecular flexibility index (Phi) is 3.91. The zero-order valence-electron chi connectivity index (χ0n) is 12.3. The number of hydrogen-bond donors (Lipinski definition) is 2. The predicted octanol–water partition coefficient (Wildman–Crippen LogP) is 2.76. The Morgan fingerprint density at radius 2 is 1.92 bits per heavy atom. The number of ether oxygens (including phenoxy) is 1. The van der Waals surface area contributed by atoms with E-state index in [1.807, 2.05) is 0 Å². The summed E-state index contributed by atoms with van der Waals surface area (Å²) in [4.78, 5) is 25.0. The van der Waals surface area contributed by atoms with Crippen molar-refractivity contribution in [1.82, 2.24) is 4.90 Å². The lowest BCUT2D eigenvalue weighted by Crippen LogP contribution is -2.28. The van der Waals surface area contributed by atoms with Gasteiger partial charge in [-0.3, -0.25) is 4.79 Å². The Morgan fingerprint density at radius 1 is 1.12 bits per heavy atom. The van der Waals surface area contributed by atoms with Crippen molar-refractivity contribution in [3.63, 3.8) is 0 Å². The lowest BCUT2D eigenvalue weighted by Gasteiger charge is -2.10. The maximum atomic E-state index is 13.0. The van der Waals surface area contributed by atoms with Crippen LogP contribution in [0.2, 0.25) is 0 Å². The van der Waals surface area contributed by atoms with Gasteiger partial charge in [0.15, 0.2) is 17.3 Å². The zero-order chi connectivity index (χ0) is 17.3. The molecule has 0 bridgehead atoms. The monoisotopic (exact) mass is 329 g/mol. The molecule has 0 aromatic heterocycles. The summed E-state index contributed by atoms with van der Waals surface area (Å²) in [5.74, 6) is -2.24. The molecule has 0 atom stereocenters. The fourth-order valence-corrected chi connectivity index (χ4v) is 2.24. The van der Waals surface area contributed by atoms with Gasteiger partial charge in [-0.2, -0.15) is 0 Å². The van der Waals surface area contributed by atoms with Crippen LogP contribution >= 0.6 is 0 Å². The maximum Gasteiger partial charge on any atom is 0.422 e. The quantitative estimate of drug-likeness (QED) is 0.846. The smallest absolute Gasteiger partial charge is 0.422 e. The van der Waals surface area contributed by atoms with E-state index in [4.69, 9.17) is 4.74 Å². The molecule has 1 aliphatic heterocycles. The third-order valence-electron chi connectivity index (χ3n) is 3.39. The van der Waals surface area contributed by atoms with Crippen LogP contribution in [0.25, 0.3) is 6.08 Å². The molecule has 24 heavy (non-hydrogen) atoms. The van der Waals surface area contributed by atoms with Gasteiger partial charge in [-0.15, -0.1) is 0 Å². The number of phenolic OH excluding ortho intramolecular Hbond substituents is 2. The van der Waals surface area contributed by atoms with Crippen molar-refractivity contribution < 1.29 is 28.9 Å². The average molecular weight is 329 g/mol. The van der Waals surface area contributed by atoms with Gasteiger partial charge < -0.3 is 14.9 Å². The maximum absolute atomic E-state index is 13.0. The molecule has 0 spiro atoms. The van der Waals surface area contributed by atoms with Gasteiger partial charge in [0.05, 0.1) is 6.54 Å². The summed E-state index contributed by atoms with van der Waals surface area (Å²) >= 11 is 0. The number of benzene rings is 2.